The van der Waals surface area contributed by atoms with Gasteiger partial charge in [-0.15, -0.1) is 0 Å². The molecule has 0 saturated heterocycles. The molecule has 0 fully saturated rings. The van der Waals surface area contributed by atoms with Crippen LogP contribution in [0.5, 0.6) is 0 Å². The largest absolute Gasteiger partial charge is 0.472 e. The zero-order valence-corrected chi connectivity index (χ0v) is 67.6. The first-order chi connectivity index (χ1) is 48.7. The topological polar surface area (TPSA) is 237 Å². The summed E-state index contributed by atoms with van der Waals surface area (Å²) in [6, 6.07) is 0. The summed E-state index contributed by atoms with van der Waals surface area (Å²) in [5.74, 6) is 0.147. The second-order valence-electron chi connectivity index (χ2n) is 30.3. The van der Waals surface area contributed by atoms with Gasteiger partial charge in [0.25, 0.3) is 0 Å². The van der Waals surface area contributed by atoms with Gasteiger partial charge in [0.2, 0.25) is 0 Å². The smallest absolute Gasteiger partial charge is 0.462 e. The summed E-state index contributed by atoms with van der Waals surface area (Å²) in [5.41, 5.74) is 0. The molecule has 0 saturated carbocycles. The number of carbonyl (C=O) groups is 4. The molecular weight excluding hydrogens is 1320 g/mol. The summed E-state index contributed by atoms with van der Waals surface area (Å²) in [4.78, 5) is 73.0. The Morgan fingerprint density at radius 1 is 0.307 bits per heavy atom. The number of hydrogen-bond donors (Lipinski definition) is 3. The highest BCUT2D eigenvalue weighted by atomic mass is 31.2. The Bertz CT molecular complexity index is 2050. The average molecular weight is 1480 g/mol. The molecule has 0 amide bonds. The first-order valence-corrected chi connectivity index (χ1v) is 44.7. The van der Waals surface area contributed by atoms with Crippen molar-refractivity contribution in [2.45, 2.75) is 420 Å². The zero-order valence-electron chi connectivity index (χ0n) is 65.9. The van der Waals surface area contributed by atoms with Crippen LogP contribution in [0.2, 0.25) is 0 Å². The van der Waals surface area contributed by atoms with E-state index in [1.807, 2.05) is 0 Å². The van der Waals surface area contributed by atoms with Crippen LogP contribution in [0.3, 0.4) is 0 Å². The minimum atomic E-state index is -4.97. The molecule has 0 aromatic heterocycles. The molecule has 17 nitrogen and oxygen atoms in total. The molecular formula is C82H156O17P2. The van der Waals surface area contributed by atoms with Crippen LogP contribution >= 0.6 is 15.6 Å². The fourth-order valence-corrected chi connectivity index (χ4v) is 13.7. The van der Waals surface area contributed by atoms with E-state index in [2.05, 4.69) is 72.8 Å². The summed E-state index contributed by atoms with van der Waals surface area (Å²) >= 11 is 0. The van der Waals surface area contributed by atoms with E-state index >= 15 is 0 Å². The Morgan fingerprint density at radius 3 is 0.802 bits per heavy atom. The zero-order chi connectivity index (χ0) is 74.4. The number of aliphatic hydroxyl groups excluding tert-OH is 1. The van der Waals surface area contributed by atoms with Gasteiger partial charge in [0.15, 0.2) is 12.2 Å². The highest BCUT2D eigenvalue weighted by Gasteiger charge is 2.30. The van der Waals surface area contributed by atoms with Gasteiger partial charge in [-0.25, -0.2) is 9.13 Å². The van der Waals surface area contributed by atoms with Crippen molar-refractivity contribution in [3.05, 3.63) is 24.3 Å². The molecule has 0 aliphatic carbocycles. The van der Waals surface area contributed by atoms with Gasteiger partial charge in [-0.1, -0.05) is 349 Å². The number of rotatable bonds is 78. The van der Waals surface area contributed by atoms with Crippen molar-refractivity contribution in [2.24, 2.45) is 17.8 Å². The number of carbonyl (C=O) groups excluding carboxylic acids is 4. The number of phosphoric ester groups is 2. The lowest BCUT2D eigenvalue weighted by Crippen LogP contribution is -2.30. The molecule has 19 heteroatoms. The highest BCUT2D eigenvalue weighted by molar-refractivity contribution is 7.47. The molecule has 101 heavy (non-hydrogen) atoms. The Morgan fingerprint density at radius 2 is 0.535 bits per heavy atom. The van der Waals surface area contributed by atoms with Crippen molar-refractivity contribution in [1.29, 1.82) is 0 Å². The Balaban J connectivity index is 5.24. The van der Waals surface area contributed by atoms with Gasteiger partial charge in [0, 0.05) is 25.7 Å². The minimum Gasteiger partial charge on any atom is -0.462 e. The van der Waals surface area contributed by atoms with E-state index in [1.54, 1.807) is 0 Å². The third kappa shape index (κ3) is 75.6. The van der Waals surface area contributed by atoms with E-state index in [0.29, 0.717) is 31.6 Å². The average Bonchev–Trinajstić information content (AvgIpc) is 0.990. The number of aliphatic hydroxyl groups is 1. The maximum Gasteiger partial charge on any atom is 0.472 e. The fourth-order valence-electron chi connectivity index (χ4n) is 12.1. The number of unbranched alkanes of at least 4 members (excludes halogenated alkanes) is 43. The molecule has 0 bridgehead atoms. The summed E-state index contributed by atoms with van der Waals surface area (Å²) < 4.78 is 68.7. The van der Waals surface area contributed by atoms with Crippen LogP contribution in [-0.2, 0) is 65.4 Å². The molecule has 3 N–H and O–H groups in total. The molecule has 0 rings (SSSR count). The van der Waals surface area contributed by atoms with Crippen LogP contribution in [0.15, 0.2) is 24.3 Å². The Labute approximate surface area is 618 Å². The van der Waals surface area contributed by atoms with Crippen molar-refractivity contribution in [3.63, 3.8) is 0 Å². The molecule has 0 spiro atoms. The van der Waals surface area contributed by atoms with Crippen LogP contribution in [0.25, 0.3) is 0 Å². The Kier molecular flexibility index (Phi) is 70.0. The standard InChI is InChI=1S/C82H156O17P2/c1-8-9-10-11-12-13-14-15-19-27-32-37-42-51-58-65-81(86)98-77(69-92-79(84)63-56-49-41-36-31-26-22-17-16-20-24-29-34-39-46-53-60-73(2)3)71-96-100(88,89)94-67-76(83)68-95-101(90,91)97-72-78(70-93-80(85)64-57-50-45-44-48-55-62-75(6)7)99-82(87)66-59-52-43-38-33-28-23-18-21-25-30-35-40-47-54-61-74(4)5/h13-15,19,73-78,83H,8-12,16-18,20-72H2,1-7H3,(H,88,89)(H,90,91)/b14-13-,19-15-/t76?,77-,78-/m1/s1. The van der Waals surface area contributed by atoms with Crippen molar-refractivity contribution in [3.8, 4) is 0 Å². The van der Waals surface area contributed by atoms with Gasteiger partial charge < -0.3 is 33.8 Å². The third-order valence-corrected chi connectivity index (χ3v) is 20.4. The number of ether oxygens (including phenoxy) is 4. The first kappa shape index (κ1) is 98.5. The number of phosphoric acid groups is 2. The summed E-state index contributed by atoms with van der Waals surface area (Å²) in [5, 5.41) is 10.6. The van der Waals surface area contributed by atoms with E-state index in [0.717, 1.165) is 121 Å². The lowest BCUT2D eigenvalue weighted by molar-refractivity contribution is -0.161. The quantitative estimate of drug-likeness (QED) is 0.0169. The third-order valence-electron chi connectivity index (χ3n) is 18.5. The van der Waals surface area contributed by atoms with E-state index in [4.69, 9.17) is 37.0 Å². The molecule has 0 aliphatic rings. The second-order valence-corrected chi connectivity index (χ2v) is 33.2. The predicted octanol–water partition coefficient (Wildman–Crippen LogP) is 24.1. The molecule has 0 aromatic rings. The van der Waals surface area contributed by atoms with Crippen molar-refractivity contribution >= 4 is 39.5 Å². The molecule has 3 unspecified atom stereocenters. The van der Waals surface area contributed by atoms with Crippen molar-refractivity contribution in [2.75, 3.05) is 39.6 Å². The van der Waals surface area contributed by atoms with E-state index in [9.17, 15) is 43.2 Å². The van der Waals surface area contributed by atoms with Gasteiger partial charge in [0.1, 0.15) is 19.3 Å². The molecule has 0 radical (unpaired) electrons. The SMILES string of the molecule is CCCCCC/C=C\C=C/CCCCCCCC(=O)O[C@H](COC(=O)CCCCCCCCCCCCCCCCCCC(C)C)COP(=O)(O)OCC(O)COP(=O)(O)OC[C@@H](COC(=O)CCCCCCCCC(C)C)OC(=O)CCCCCCCCCCCCCCCCCC(C)C. The Hall–Kier alpha value is -2.46. The summed E-state index contributed by atoms with van der Waals surface area (Å²) in [7, 11) is -9.93. The second kappa shape index (κ2) is 71.8. The highest BCUT2D eigenvalue weighted by Crippen LogP contribution is 2.45. The van der Waals surface area contributed by atoms with Crippen molar-refractivity contribution in [1.82, 2.24) is 0 Å². The molecule has 5 atom stereocenters. The van der Waals surface area contributed by atoms with Crippen LogP contribution in [0.4, 0.5) is 0 Å². The number of allylic oxidation sites excluding steroid dienone is 4. The van der Waals surface area contributed by atoms with Crippen LogP contribution in [0.1, 0.15) is 402 Å². The maximum absolute atomic E-state index is 13.1. The molecule has 596 valence electrons. The fraction of sp³-hybridized carbons (Fsp3) is 0.902. The monoisotopic (exact) mass is 1480 g/mol. The van der Waals surface area contributed by atoms with E-state index < -0.39 is 97.5 Å². The van der Waals surface area contributed by atoms with Gasteiger partial charge in [-0.3, -0.25) is 37.3 Å². The molecule has 0 aromatic carbocycles. The lowest BCUT2D eigenvalue weighted by atomic mass is 10.0. The predicted molar refractivity (Wildman–Crippen MR) is 414 cm³/mol. The van der Waals surface area contributed by atoms with Crippen LogP contribution in [-0.4, -0.2) is 96.7 Å². The van der Waals surface area contributed by atoms with E-state index in [-0.39, 0.29) is 25.7 Å². The van der Waals surface area contributed by atoms with Gasteiger partial charge in [0.05, 0.1) is 26.4 Å². The summed E-state index contributed by atoms with van der Waals surface area (Å²) in [6.07, 6.45) is 63.4. The van der Waals surface area contributed by atoms with Gasteiger partial charge >= 0.3 is 39.5 Å². The minimum absolute atomic E-state index is 0.0852. The van der Waals surface area contributed by atoms with Gasteiger partial charge in [-0.05, 0) is 69.1 Å². The number of hydrogen-bond acceptors (Lipinski definition) is 15. The van der Waals surface area contributed by atoms with E-state index in [1.165, 1.54) is 193 Å². The molecule has 0 heterocycles. The van der Waals surface area contributed by atoms with Gasteiger partial charge in [-0.2, -0.15) is 0 Å². The van der Waals surface area contributed by atoms with Crippen molar-refractivity contribution < 1.29 is 80.2 Å². The van der Waals surface area contributed by atoms with Crippen LogP contribution in [0, 0.1) is 17.8 Å². The number of esters is 4. The van der Waals surface area contributed by atoms with Crippen LogP contribution < -0.4 is 0 Å². The normalized spacial score (nSPS) is 14.1. The summed E-state index contributed by atoms with van der Waals surface area (Å²) in [6.45, 7) is 11.8. The first-order valence-electron chi connectivity index (χ1n) is 41.7. The maximum atomic E-state index is 13.1. The molecule has 0 aliphatic heterocycles. The lowest BCUT2D eigenvalue weighted by Gasteiger charge is -2.21.